The van der Waals surface area contributed by atoms with Gasteiger partial charge in [0.2, 0.25) is 0 Å². The summed E-state index contributed by atoms with van der Waals surface area (Å²) in [5.41, 5.74) is 0.277. The molecule has 2 aromatic carbocycles. The van der Waals surface area contributed by atoms with E-state index in [2.05, 4.69) is 15.5 Å². The Balaban J connectivity index is 2.02. The van der Waals surface area contributed by atoms with Crippen LogP contribution in [0.2, 0.25) is 0 Å². The number of sulfone groups is 1. The highest BCUT2D eigenvalue weighted by molar-refractivity contribution is 7.90. The van der Waals surface area contributed by atoms with Crippen LogP contribution in [0.4, 0.5) is 18.9 Å². The fourth-order valence-electron chi connectivity index (χ4n) is 2.73. The van der Waals surface area contributed by atoms with Crippen LogP contribution in [0.5, 0.6) is 0 Å². The van der Waals surface area contributed by atoms with Crippen LogP contribution in [0.3, 0.4) is 0 Å². The number of rotatable bonds is 5. The third-order valence-electron chi connectivity index (χ3n) is 4.02. The van der Waals surface area contributed by atoms with E-state index < -0.39 is 27.6 Å². The van der Waals surface area contributed by atoms with Crippen LogP contribution in [0, 0.1) is 0 Å². The summed E-state index contributed by atoms with van der Waals surface area (Å²) >= 11 is 0. The quantitative estimate of drug-likeness (QED) is 0.684. The summed E-state index contributed by atoms with van der Waals surface area (Å²) in [6.45, 7) is 0. The Kier molecular flexibility index (Phi) is 4.97. The number of hydrogen-bond donors (Lipinski definition) is 2. The van der Waals surface area contributed by atoms with Crippen molar-refractivity contribution in [2.24, 2.45) is 0 Å². The average molecular weight is 395 g/mol. The lowest BCUT2D eigenvalue weighted by molar-refractivity contribution is -0.138. The summed E-state index contributed by atoms with van der Waals surface area (Å²) in [6.07, 6.45) is -0.477. The minimum absolute atomic E-state index is 0.0404. The standard InChI is InChI=1S/C18H16F3N3O2S/c1-27(25,26)14-8-6-13(7-9-14)24-17(12-10-22-23-11-12)15-4-2-3-5-16(15)18(19,20)21/h2-11,17,24H,1H3,(H,22,23). The number of H-pyrrole nitrogens is 1. The van der Waals surface area contributed by atoms with Gasteiger partial charge in [-0.3, -0.25) is 5.10 Å². The van der Waals surface area contributed by atoms with E-state index in [1.807, 2.05) is 0 Å². The zero-order valence-electron chi connectivity index (χ0n) is 14.2. The molecule has 0 aliphatic heterocycles. The number of aromatic amines is 1. The minimum atomic E-state index is -4.51. The van der Waals surface area contributed by atoms with Gasteiger partial charge in [-0.05, 0) is 35.9 Å². The summed E-state index contributed by atoms with van der Waals surface area (Å²) in [4.78, 5) is 0.128. The van der Waals surface area contributed by atoms with Crippen LogP contribution in [0.15, 0.2) is 65.8 Å². The molecule has 2 N–H and O–H groups in total. The molecule has 3 aromatic rings. The van der Waals surface area contributed by atoms with E-state index in [1.54, 1.807) is 0 Å². The lowest BCUT2D eigenvalue weighted by atomic mass is 9.95. The predicted octanol–water partition coefficient (Wildman–Crippen LogP) is 4.03. The first-order valence-electron chi connectivity index (χ1n) is 7.88. The summed E-state index contributed by atoms with van der Waals surface area (Å²) in [5.74, 6) is 0. The van der Waals surface area contributed by atoms with E-state index in [9.17, 15) is 21.6 Å². The highest BCUT2D eigenvalue weighted by Gasteiger charge is 2.35. The first-order chi connectivity index (χ1) is 12.7. The van der Waals surface area contributed by atoms with Crippen molar-refractivity contribution in [2.45, 2.75) is 17.1 Å². The van der Waals surface area contributed by atoms with Crippen molar-refractivity contribution in [2.75, 3.05) is 11.6 Å². The molecule has 1 atom stereocenters. The van der Waals surface area contributed by atoms with E-state index in [4.69, 9.17) is 0 Å². The fraction of sp³-hybridized carbons (Fsp3) is 0.167. The molecule has 142 valence electrons. The van der Waals surface area contributed by atoms with E-state index in [0.717, 1.165) is 12.3 Å². The molecule has 5 nitrogen and oxygen atoms in total. The Hall–Kier alpha value is -2.81. The molecule has 0 saturated carbocycles. The van der Waals surface area contributed by atoms with Gasteiger partial charge in [-0.2, -0.15) is 18.3 Å². The molecule has 1 unspecified atom stereocenters. The van der Waals surface area contributed by atoms with Crippen LogP contribution in [0.1, 0.15) is 22.7 Å². The van der Waals surface area contributed by atoms with E-state index in [-0.39, 0.29) is 10.5 Å². The maximum atomic E-state index is 13.5. The second kappa shape index (κ2) is 7.07. The molecular weight excluding hydrogens is 379 g/mol. The molecular formula is C18H16F3N3O2S. The molecule has 0 aliphatic carbocycles. The number of anilines is 1. The van der Waals surface area contributed by atoms with E-state index in [1.165, 1.54) is 54.9 Å². The number of nitrogens with one attached hydrogen (secondary N) is 2. The van der Waals surface area contributed by atoms with Gasteiger partial charge in [0, 0.05) is 23.7 Å². The van der Waals surface area contributed by atoms with Gasteiger partial charge in [-0.25, -0.2) is 8.42 Å². The molecule has 0 radical (unpaired) electrons. The van der Waals surface area contributed by atoms with Crippen LogP contribution >= 0.6 is 0 Å². The molecule has 0 spiro atoms. The third kappa shape index (κ3) is 4.30. The molecule has 0 fully saturated rings. The SMILES string of the molecule is CS(=O)(=O)c1ccc(NC(c2cn[nH]c2)c2ccccc2C(F)(F)F)cc1. The summed E-state index contributed by atoms with van der Waals surface area (Å²) in [7, 11) is -3.36. The van der Waals surface area contributed by atoms with Gasteiger partial charge in [-0.1, -0.05) is 18.2 Å². The number of hydrogen-bond acceptors (Lipinski definition) is 4. The summed E-state index contributed by atoms with van der Waals surface area (Å²) in [6, 6.07) is 10.3. The number of halogens is 3. The maximum Gasteiger partial charge on any atom is 0.416 e. The number of nitrogens with zero attached hydrogens (tertiary/aromatic N) is 1. The smallest absolute Gasteiger partial charge is 0.374 e. The average Bonchev–Trinajstić information content (AvgIpc) is 3.13. The van der Waals surface area contributed by atoms with Crippen molar-refractivity contribution in [3.8, 4) is 0 Å². The molecule has 1 heterocycles. The van der Waals surface area contributed by atoms with Gasteiger partial charge in [0.15, 0.2) is 9.84 Å². The van der Waals surface area contributed by atoms with Crippen LogP contribution in [-0.2, 0) is 16.0 Å². The Morgan fingerprint density at radius 1 is 1.07 bits per heavy atom. The first-order valence-corrected chi connectivity index (χ1v) is 9.77. The van der Waals surface area contributed by atoms with Gasteiger partial charge in [0.1, 0.15) is 0 Å². The van der Waals surface area contributed by atoms with E-state index >= 15 is 0 Å². The Bertz CT molecular complexity index is 1010. The Morgan fingerprint density at radius 2 is 1.74 bits per heavy atom. The molecule has 9 heteroatoms. The third-order valence-corrected chi connectivity index (χ3v) is 5.15. The highest BCUT2D eigenvalue weighted by atomic mass is 32.2. The van der Waals surface area contributed by atoms with E-state index in [0.29, 0.717) is 11.3 Å². The van der Waals surface area contributed by atoms with Gasteiger partial charge in [-0.15, -0.1) is 0 Å². The monoisotopic (exact) mass is 395 g/mol. The van der Waals surface area contributed by atoms with Crippen molar-refractivity contribution in [3.63, 3.8) is 0 Å². The molecule has 0 amide bonds. The van der Waals surface area contributed by atoms with Gasteiger partial charge in [0.05, 0.1) is 22.7 Å². The molecule has 3 rings (SSSR count). The predicted molar refractivity (Wildman–Crippen MR) is 95.0 cm³/mol. The summed E-state index contributed by atoms with van der Waals surface area (Å²) in [5, 5.41) is 9.46. The van der Waals surface area contributed by atoms with Crippen molar-refractivity contribution in [1.82, 2.24) is 10.2 Å². The minimum Gasteiger partial charge on any atom is -0.374 e. The van der Waals surface area contributed by atoms with Crippen molar-refractivity contribution >= 4 is 15.5 Å². The molecule has 0 bridgehead atoms. The first kappa shape index (κ1) is 19.0. The van der Waals surface area contributed by atoms with Crippen molar-refractivity contribution < 1.29 is 21.6 Å². The fourth-order valence-corrected chi connectivity index (χ4v) is 3.36. The molecule has 27 heavy (non-hydrogen) atoms. The number of benzene rings is 2. The maximum absolute atomic E-state index is 13.5. The lowest BCUT2D eigenvalue weighted by Gasteiger charge is -2.23. The summed E-state index contributed by atoms with van der Waals surface area (Å²) < 4.78 is 63.5. The zero-order valence-corrected chi connectivity index (χ0v) is 15.0. The van der Waals surface area contributed by atoms with Crippen LogP contribution < -0.4 is 5.32 Å². The largest absolute Gasteiger partial charge is 0.416 e. The van der Waals surface area contributed by atoms with Gasteiger partial charge < -0.3 is 5.32 Å². The molecule has 1 aromatic heterocycles. The highest BCUT2D eigenvalue weighted by Crippen LogP contribution is 2.37. The van der Waals surface area contributed by atoms with Crippen molar-refractivity contribution in [1.29, 1.82) is 0 Å². The topological polar surface area (TPSA) is 74.8 Å². The van der Waals surface area contributed by atoms with Crippen LogP contribution in [-0.4, -0.2) is 24.9 Å². The normalized spacial score (nSPS) is 13.3. The Labute approximate surface area is 154 Å². The number of alkyl halides is 3. The molecule has 0 aliphatic rings. The van der Waals surface area contributed by atoms with Gasteiger partial charge >= 0.3 is 6.18 Å². The van der Waals surface area contributed by atoms with Crippen molar-refractivity contribution in [3.05, 3.63) is 77.6 Å². The second-order valence-corrected chi connectivity index (χ2v) is 8.01. The zero-order chi connectivity index (χ0) is 19.7. The van der Waals surface area contributed by atoms with Gasteiger partial charge in [0.25, 0.3) is 0 Å². The lowest BCUT2D eigenvalue weighted by Crippen LogP contribution is -2.18. The molecule has 0 saturated heterocycles. The second-order valence-electron chi connectivity index (χ2n) is 5.99. The number of aromatic nitrogens is 2. The van der Waals surface area contributed by atoms with Crippen LogP contribution in [0.25, 0.3) is 0 Å². The Morgan fingerprint density at radius 3 is 2.30 bits per heavy atom.